The SMILES string of the molecule is [NH3+]CCO.[NH3+]CCO.[OH][Pt-2]([OH])([OH])([OH])([OH])[OH]. The molecule has 0 aliphatic rings. The summed E-state index contributed by atoms with van der Waals surface area (Å²) >= 11 is -8.12. The zero-order chi connectivity index (χ0) is 13.2. The molecule has 106 valence electrons. The van der Waals surface area contributed by atoms with E-state index in [0.717, 1.165) is 0 Å². The van der Waals surface area contributed by atoms with Crippen LogP contribution in [0.1, 0.15) is 0 Å². The Hall–Kier alpha value is 0.288. The zero-order valence-corrected chi connectivity index (χ0v) is 10.4. The van der Waals surface area contributed by atoms with E-state index in [-0.39, 0.29) is 13.2 Å². The molecule has 0 heterocycles. The Labute approximate surface area is 86.9 Å². The minimum absolute atomic E-state index is 0.208. The summed E-state index contributed by atoms with van der Waals surface area (Å²) < 4.78 is 44.5. The summed E-state index contributed by atoms with van der Waals surface area (Å²) in [7, 11) is 0. The van der Waals surface area contributed by atoms with Crippen molar-refractivity contribution in [1.82, 2.24) is 0 Å². The first-order chi connectivity index (χ1) is 6.28. The van der Waals surface area contributed by atoms with E-state index < -0.39 is 15.8 Å². The van der Waals surface area contributed by atoms with Crippen molar-refractivity contribution in [3.63, 3.8) is 0 Å². The quantitative estimate of drug-likeness (QED) is 0.206. The van der Waals surface area contributed by atoms with Gasteiger partial charge in [0.05, 0.1) is 26.3 Å². The van der Waals surface area contributed by atoms with Gasteiger partial charge in [-0.2, -0.15) is 0 Å². The van der Waals surface area contributed by atoms with Gasteiger partial charge >= 0.3 is 38.4 Å². The molecule has 0 saturated carbocycles. The van der Waals surface area contributed by atoms with Gasteiger partial charge < -0.3 is 21.7 Å². The molecular formula is C4H22N2O8Pt. The molecular weight excluding hydrogens is 399 g/mol. The number of rotatable bonds is 2. The van der Waals surface area contributed by atoms with Crippen molar-refractivity contribution in [3.8, 4) is 0 Å². The number of aliphatic hydroxyl groups is 2. The van der Waals surface area contributed by atoms with Crippen molar-refractivity contribution >= 4 is 0 Å². The molecule has 0 aromatic rings. The van der Waals surface area contributed by atoms with Gasteiger partial charge in [0.2, 0.25) is 0 Å². The molecule has 0 rings (SSSR count). The second-order valence-corrected chi connectivity index (χ2v) is 8.92. The Bertz CT molecular complexity index is 119. The molecule has 0 fully saturated rings. The zero-order valence-electron chi connectivity index (χ0n) is 8.14. The molecule has 0 amide bonds. The molecule has 0 aromatic heterocycles. The van der Waals surface area contributed by atoms with Gasteiger partial charge in [-0.25, -0.2) is 0 Å². The third kappa shape index (κ3) is 412. The summed E-state index contributed by atoms with van der Waals surface area (Å²) in [6.45, 7) is 1.67. The van der Waals surface area contributed by atoms with Crippen molar-refractivity contribution in [1.29, 1.82) is 0 Å². The van der Waals surface area contributed by atoms with Gasteiger partial charge in [-0.3, -0.25) is 0 Å². The van der Waals surface area contributed by atoms with Gasteiger partial charge in [0.1, 0.15) is 0 Å². The summed E-state index contributed by atoms with van der Waals surface area (Å²) in [5.41, 5.74) is 6.71. The van der Waals surface area contributed by atoms with Gasteiger partial charge in [-0.05, 0) is 0 Å². The third-order valence-electron chi connectivity index (χ3n) is 0.316. The number of hydrogen-bond acceptors (Lipinski definition) is 8. The molecule has 0 aliphatic heterocycles. The van der Waals surface area contributed by atoms with Crippen molar-refractivity contribution < 1.29 is 60.1 Å². The molecule has 10 nitrogen and oxygen atoms in total. The van der Waals surface area contributed by atoms with E-state index in [1.807, 2.05) is 0 Å². The normalized spacial score (nSPS) is 14.8. The van der Waals surface area contributed by atoms with Gasteiger partial charge in [0.15, 0.2) is 0 Å². The number of quaternary nitrogens is 2. The van der Waals surface area contributed by atoms with Crippen LogP contribution in [0.3, 0.4) is 0 Å². The van der Waals surface area contributed by atoms with E-state index >= 15 is 0 Å². The topological polar surface area (TPSA) is 217 Å². The average Bonchev–Trinajstić information content (AvgIpc) is 1.99. The first kappa shape index (κ1) is 20.7. The second-order valence-electron chi connectivity index (χ2n) is 2.10. The summed E-state index contributed by atoms with van der Waals surface area (Å²) in [6, 6.07) is 0. The van der Waals surface area contributed by atoms with Gasteiger partial charge in [0.25, 0.3) is 0 Å². The predicted octanol–water partition coefficient (Wildman–Crippen LogP) is -6.90. The summed E-state index contributed by atoms with van der Waals surface area (Å²) in [6.07, 6.45) is 0. The monoisotopic (exact) mass is 421 g/mol. The van der Waals surface area contributed by atoms with Gasteiger partial charge in [0, 0.05) is 0 Å². The first-order valence-electron chi connectivity index (χ1n) is 3.48. The van der Waals surface area contributed by atoms with Crippen LogP contribution in [0.5, 0.6) is 0 Å². The molecule has 0 spiro atoms. The van der Waals surface area contributed by atoms with Crippen LogP contribution in [0.2, 0.25) is 0 Å². The minimum atomic E-state index is -8.12. The van der Waals surface area contributed by atoms with E-state index in [4.69, 9.17) is 32.8 Å². The molecule has 0 aliphatic carbocycles. The van der Waals surface area contributed by atoms with Crippen molar-refractivity contribution in [2.75, 3.05) is 26.3 Å². The van der Waals surface area contributed by atoms with Crippen LogP contribution in [0.15, 0.2) is 0 Å². The molecule has 0 aromatic carbocycles. The third-order valence-corrected chi connectivity index (χ3v) is 0.316. The summed E-state index contributed by atoms with van der Waals surface area (Å²) in [5.74, 6) is 0. The molecule has 0 saturated heterocycles. The molecule has 0 atom stereocenters. The van der Waals surface area contributed by atoms with Crippen molar-refractivity contribution in [2.45, 2.75) is 0 Å². The second kappa shape index (κ2) is 6.78. The Balaban J connectivity index is -0.000000155. The van der Waals surface area contributed by atoms with E-state index in [1.165, 1.54) is 0 Å². The van der Waals surface area contributed by atoms with E-state index in [9.17, 15) is 0 Å². The van der Waals surface area contributed by atoms with Crippen LogP contribution < -0.4 is 11.5 Å². The van der Waals surface area contributed by atoms with Crippen LogP contribution in [-0.4, -0.2) is 59.1 Å². The maximum atomic E-state index is 7.81. The van der Waals surface area contributed by atoms with E-state index in [1.54, 1.807) is 0 Å². The van der Waals surface area contributed by atoms with Crippen LogP contribution in [0.25, 0.3) is 0 Å². The fraction of sp³-hybridized carbons (Fsp3) is 1.00. The number of aliphatic hydroxyl groups excluding tert-OH is 2. The Morgan fingerprint density at radius 2 is 0.733 bits per heavy atom. The number of hydrogen-bond donors (Lipinski definition) is 10. The van der Waals surface area contributed by atoms with E-state index in [0.29, 0.717) is 13.1 Å². The van der Waals surface area contributed by atoms with Crippen LogP contribution in [0.4, 0.5) is 0 Å². The fourth-order valence-corrected chi connectivity index (χ4v) is 0. The van der Waals surface area contributed by atoms with Crippen molar-refractivity contribution in [2.24, 2.45) is 0 Å². The summed E-state index contributed by atoms with van der Waals surface area (Å²) in [5, 5.41) is 15.6. The Kier molecular flexibility index (Phi) is 9.34. The summed E-state index contributed by atoms with van der Waals surface area (Å²) in [4.78, 5) is 0. The van der Waals surface area contributed by atoms with E-state index in [2.05, 4.69) is 11.5 Å². The average molecular weight is 421 g/mol. The molecule has 15 heavy (non-hydrogen) atoms. The predicted molar refractivity (Wildman–Crippen MR) is 43.0 cm³/mol. The molecule has 0 bridgehead atoms. The first-order valence-corrected chi connectivity index (χ1v) is 9.58. The fourth-order valence-electron chi connectivity index (χ4n) is 0. The van der Waals surface area contributed by atoms with Gasteiger partial charge in [-0.1, -0.05) is 0 Å². The van der Waals surface area contributed by atoms with Crippen LogP contribution >= 0.6 is 0 Å². The maximum absolute atomic E-state index is 8.12. The molecule has 0 radical (unpaired) electrons. The van der Waals surface area contributed by atoms with Crippen LogP contribution in [-0.2, 0) is 15.8 Å². The van der Waals surface area contributed by atoms with Crippen molar-refractivity contribution in [3.05, 3.63) is 0 Å². The molecule has 14 N–H and O–H groups in total. The Morgan fingerprint density at radius 1 is 0.667 bits per heavy atom. The van der Waals surface area contributed by atoms with Gasteiger partial charge in [-0.15, -0.1) is 0 Å². The molecule has 0 unspecified atom stereocenters. The molecule has 11 heteroatoms. The standard InChI is InChI=1S/2C2H7NO.6H2O.Pt/c2*3-1-2-4;;;;;;;/h2*4H,1-3H2;6*1H2;/q;;;;;;;;+4/p-4. The Morgan fingerprint density at radius 3 is 0.733 bits per heavy atom. The van der Waals surface area contributed by atoms with Crippen LogP contribution in [0, 0.1) is 0 Å².